The Labute approximate surface area is 180 Å². The molecule has 2 aromatic carbocycles. The molecule has 1 N–H and O–H groups in total. The van der Waals surface area contributed by atoms with Gasteiger partial charge in [-0.25, -0.2) is 13.1 Å². The molecule has 1 amide bonds. The fourth-order valence-electron chi connectivity index (χ4n) is 3.23. The van der Waals surface area contributed by atoms with Crippen LogP contribution in [0.1, 0.15) is 16.1 Å². The van der Waals surface area contributed by atoms with Crippen molar-refractivity contribution in [2.45, 2.75) is 11.8 Å². The van der Waals surface area contributed by atoms with Crippen LogP contribution in [0.3, 0.4) is 0 Å². The van der Waals surface area contributed by atoms with E-state index in [1.807, 2.05) is 6.07 Å². The highest BCUT2D eigenvalue weighted by Crippen LogP contribution is 2.24. The second-order valence-corrected chi connectivity index (χ2v) is 8.77. The van der Waals surface area contributed by atoms with Crippen molar-refractivity contribution >= 4 is 21.6 Å². The Morgan fingerprint density at radius 1 is 1.16 bits per heavy atom. The zero-order chi connectivity index (χ0) is 22.8. The van der Waals surface area contributed by atoms with E-state index in [2.05, 4.69) is 11.2 Å². The molecule has 1 heterocycles. The van der Waals surface area contributed by atoms with Gasteiger partial charge in [0, 0.05) is 19.7 Å². The number of amides is 1. The number of aromatic nitrogens is 2. The Bertz CT molecular complexity index is 1330. The first kappa shape index (κ1) is 21.9. The average Bonchev–Trinajstić information content (AvgIpc) is 3.00. The van der Waals surface area contributed by atoms with Crippen molar-refractivity contribution in [3.8, 4) is 18.0 Å². The molecule has 0 bridgehead atoms. The molecule has 160 valence electrons. The SMILES string of the molecule is C#CCNC(=O)c1cccc(S(=O)(=O)N(C)c2c(C)n(C)n(-c3ccccc3)c2=O)c1. The summed E-state index contributed by atoms with van der Waals surface area (Å²) in [6.07, 6.45) is 5.14. The Hall–Kier alpha value is -3.77. The standard InChI is InChI=1S/C22H22N4O4S/c1-5-14-23-21(27)17-10-9-13-19(15-17)31(29,30)25(4)20-16(2)24(3)26(22(20)28)18-11-7-6-8-12-18/h1,6-13,15H,14H2,2-4H3,(H,23,27). The van der Waals surface area contributed by atoms with Gasteiger partial charge in [-0.05, 0) is 37.3 Å². The van der Waals surface area contributed by atoms with Gasteiger partial charge in [0.15, 0.2) is 0 Å². The van der Waals surface area contributed by atoms with Crippen LogP contribution in [0.5, 0.6) is 0 Å². The van der Waals surface area contributed by atoms with Gasteiger partial charge in [0.2, 0.25) is 0 Å². The summed E-state index contributed by atoms with van der Waals surface area (Å²) in [7, 11) is -1.11. The summed E-state index contributed by atoms with van der Waals surface area (Å²) in [5.41, 5.74) is 0.787. The maximum atomic E-state index is 13.3. The maximum Gasteiger partial charge on any atom is 0.296 e. The van der Waals surface area contributed by atoms with E-state index in [9.17, 15) is 18.0 Å². The minimum atomic E-state index is -4.11. The van der Waals surface area contributed by atoms with Crippen LogP contribution in [-0.2, 0) is 17.1 Å². The summed E-state index contributed by atoms with van der Waals surface area (Å²) in [5, 5.41) is 2.50. The van der Waals surface area contributed by atoms with E-state index in [-0.39, 0.29) is 22.7 Å². The van der Waals surface area contributed by atoms with Gasteiger partial charge in [-0.1, -0.05) is 30.2 Å². The number of hydrogen-bond acceptors (Lipinski definition) is 4. The van der Waals surface area contributed by atoms with Crippen molar-refractivity contribution < 1.29 is 13.2 Å². The first-order valence-corrected chi connectivity index (χ1v) is 10.8. The molecule has 0 saturated heterocycles. The smallest absolute Gasteiger partial charge is 0.296 e. The number of rotatable bonds is 6. The lowest BCUT2D eigenvalue weighted by Gasteiger charge is -2.18. The molecule has 0 atom stereocenters. The first-order chi connectivity index (χ1) is 14.7. The van der Waals surface area contributed by atoms with Gasteiger partial charge in [0.1, 0.15) is 5.69 Å². The van der Waals surface area contributed by atoms with Gasteiger partial charge in [0.05, 0.1) is 22.8 Å². The number of anilines is 1. The van der Waals surface area contributed by atoms with E-state index in [1.165, 1.54) is 36.0 Å². The van der Waals surface area contributed by atoms with Gasteiger partial charge >= 0.3 is 0 Å². The Kier molecular flexibility index (Phi) is 6.04. The Morgan fingerprint density at radius 2 is 1.84 bits per heavy atom. The topological polar surface area (TPSA) is 93.4 Å². The fourth-order valence-corrected chi connectivity index (χ4v) is 4.52. The summed E-state index contributed by atoms with van der Waals surface area (Å²) in [5.74, 6) is 1.80. The molecule has 0 aliphatic rings. The van der Waals surface area contributed by atoms with Crippen LogP contribution in [0.15, 0.2) is 64.3 Å². The molecule has 0 fully saturated rings. The van der Waals surface area contributed by atoms with Gasteiger partial charge in [-0.2, -0.15) is 0 Å². The third-order valence-corrected chi connectivity index (χ3v) is 6.70. The summed E-state index contributed by atoms with van der Waals surface area (Å²) in [4.78, 5) is 25.2. The summed E-state index contributed by atoms with van der Waals surface area (Å²) in [6.45, 7) is 1.70. The third-order valence-electron chi connectivity index (χ3n) is 4.94. The molecular weight excluding hydrogens is 416 g/mol. The molecule has 8 nitrogen and oxygen atoms in total. The van der Waals surface area contributed by atoms with E-state index < -0.39 is 21.5 Å². The number of carbonyl (C=O) groups is 1. The van der Waals surface area contributed by atoms with Crippen LogP contribution in [0.25, 0.3) is 5.69 Å². The van der Waals surface area contributed by atoms with Gasteiger partial charge in [0.25, 0.3) is 21.5 Å². The molecule has 3 rings (SSSR count). The number of terminal acetylenes is 1. The zero-order valence-electron chi connectivity index (χ0n) is 17.4. The van der Waals surface area contributed by atoms with E-state index in [0.29, 0.717) is 11.4 Å². The van der Waals surface area contributed by atoms with Crippen LogP contribution in [0.2, 0.25) is 0 Å². The molecule has 0 spiro atoms. The minimum Gasteiger partial charge on any atom is -0.341 e. The van der Waals surface area contributed by atoms with Crippen LogP contribution in [0, 0.1) is 19.3 Å². The van der Waals surface area contributed by atoms with Crippen LogP contribution in [-0.4, -0.2) is 37.3 Å². The molecule has 9 heteroatoms. The Balaban J connectivity index is 2.06. The number of nitrogens with one attached hydrogen (secondary N) is 1. The van der Waals surface area contributed by atoms with Gasteiger partial charge in [-0.15, -0.1) is 6.42 Å². The predicted molar refractivity (Wildman–Crippen MR) is 119 cm³/mol. The normalized spacial score (nSPS) is 11.0. The summed E-state index contributed by atoms with van der Waals surface area (Å²) >= 11 is 0. The second kappa shape index (κ2) is 8.53. The number of carbonyl (C=O) groups excluding carboxylic acids is 1. The highest BCUT2D eigenvalue weighted by Gasteiger charge is 2.29. The average molecular weight is 439 g/mol. The molecule has 3 aromatic rings. The summed E-state index contributed by atoms with van der Waals surface area (Å²) in [6, 6.07) is 14.5. The molecule has 0 saturated carbocycles. The van der Waals surface area contributed by atoms with Gasteiger partial charge < -0.3 is 5.32 Å². The molecule has 0 unspecified atom stereocenters. The number of para-hydroxylation sites is 1. The second-order valence-electron chi connectivity index (χ2n) is 6.80. The lowest BCUT2D eigenvalue weighted by molar-refractivity contribution is 0.0958. The number of sulfonamides is 1. The highest BCUT2D eigenvalue weighted by atomic mass is 32.2. The molecule has 0 radical (unpaired) electrons. The van der Waals surface area contributed by atoms with Crippen molar-refractivity contribution in [1.29, 1.82) is 0 Å². The molecule has 0 aliphatic carbocycles. The highest BCUT2D eigenvalue weighted by molar-refractivity contribution is 7.92. The van der Waals surface area contributed by atoms with Crippen LogP contribution in [0.4, 0.5) is 5.69 Å². The largest absolute Gasteiger partial charge is 0.341 e. The van der Waals surface area contributed by atoms with Crippen LogP contribution < -0.4 is 15.2 Å². The van der Waals surface area contributed by atoms with Crippen LogP contribution >= 0.6 is 0 Å². The lowest BCUT2D eigenvalue weighted by atomic mass is 10.2. The predicted octanol–water partition coefficient (Wildman–Crippen LogP) is 1.67. The third kappa shape index (κ3) is 3.98. The van der Waals surface area contributed by atoms with Crippen molar-refractivity contribution in [2.75, 3.05) is 17.9 Å². The van der Waals surface area contributed by atoms with Crippen molar-refractivity contribution in [2.24, 2.45) is 7.05 Å². The fraction of sp³-hybridized carbons (Fsp3) is 0.182. The zero-order valence-corrected chi connectivity index (χ0v) is 18.2. The number of benzene rings is 2. The van der Waals surface area contributed by atoms with E-state index in [1.54, 1.807) is 42.9 Å². The van der Waals surface area contributed by atoms with Crippen molar-refractivity contribution in [3.63, 3.8) is 0 Å². The lowest BCUT2D eigenvalue weighted by Crippen LogP contribution is -2.32. The summed E-state index contributed by atoms with van der Waals surface area (Å²) < 4.78 is 30.5. The van der Waals surface area contributed by atoms with E-state index >= 15 is 0 Å². The molecule has 1 aromatic heterocycles. The van der Waals surface area contributed by atoms with Crippen molar-refractivity contribution in [3.05, 3.63) is 76.2 Å². The maximum absolute atomic E-state index is 13.3. The van der Waals surface area contributed by atoms with E-state index in [4.69, 9.17) is 6.42 Å². The van der Waals surface area contributed by atoms with Crippen molar-refractivity contribution in [1.82, 2.24) is 14.7 Å². The monoisotopic (exact) mass is 438 g/mol. The molecular formula is C22H22N4O4S. The number of hydrogen-bond donors (Lipinski definition) is 1. The number of nitrogens with zero attached hydrogens (tertiary/aromatic N) is 3. The first-order valence-electron chi connectivity index (χ1n) is 9.34. The molecule has 0 aliphatic heterocycles. The van der Waals surface area contributed by atoms with Gasteiger partial charge in [-0.3, -0.25) is 18.6 Å². The minimum absolute atomic E-state index is 0.0218. The quantitative estimate of drug-likeness (QED) is 0.593. The Morgan fingerprint density at radius 3 is 2.48 bits per heavy atom. The molecule has 31 heavy (non-hydrogen) atoms. The van der Waals surface area contributed by atoms with E-state index in [0.717, 1.165) is 4.31 Å².